The lowest BCUT2D eigenvalue weighted by atomic mass is 9.95. The van der Waals surface area contributed by atoms with Crippen molar-refractivity contribution in [1.82, 2.24) is 20.5 Å². The molecule has 2 bridgehead atoms. The molecule has 0 saturated carbocycles. The first-order valence-corrected chi connectivity index (χ1v) is 10.3. The number of fused-ring (bicyclic) bond motifs is 3. The van der Waals surface area contributed by atoms with E-state index in [1.54, 1.807) is 12.3 Å². The number of ether oxygens (including phenoxy) is 1. The molecule has 7 nitrogen and oxygen atoms in total. The highest BCUT2D eigenvalue weighted by molar-refractivity contribution is 7.20. The van der Waals surface area contributed by atoms with Crippen molar-refractivity contribution < 1.29 is 14.3 Å². The number of hydrogen-bond acceptors (Lipinski definition) is 6. The van der Waals surface area contributed by atoms with Gasteiger partial charge in [-0.05, 0) is 36.8 Å². The second-order valence-corrected chi connectivity index (χ2v) is 8.57. The standard InChI is InChI=1S/C19H22N4O3S/c24-18(22-14-9-12-1-2-13(14)21-12)15-7-11-8-16(27-17(11)10-20-15)19(25)23-3-5-26-6-4-23/h7-8,10,12-14,21H,1-6,9H2,(H,22,24)/t12-,13+,14-/m1/s1. The number of nitrogens with one attached hydrogen (secondary N) is 2. The fraction of sp³-hybridized carbons (Fsp3) is 0.526. The van der Waals surface area contributed by atoms with Gasteiger partial charge in [0, 0.05) is 37.4 Å². The fourth-order valence-corrected chi connectivity index (χ4v) is 5.30. The third-order valence-corrected chi connectivity index (χ3v) is 6.84. The summed E-state index contributed by atoms with van der Waals surface area (Å²) >= 11 is 1.43. The van der Waals surface area contributed by atoms with E-state index in [2.05, 4.69) is 15.6 Å². The fourth-order valence-electron chi connectivity index (χ4n) is 4.32. The first kappa shape index (κ1) is 17.1. The Morgan fingerprint density at radius 2 is 2.11 bits per heavy atom. The molecule has 142 valence electrons. The lowest BCUT2D eigenvalue weighted by molar-refractivity contribution is 0.0306. The van der Waals surface area contributed by atoms with E-state index < -0.39 is 0 Å². The van der Waals surface area contributed by atoms with Crippen molar-refractivity contribution in [3.8, 4) is 0 Å². The van der Waals surface area contributed by atoms with Gasteiger partial charge in [-0.1, -0.05) is 0 Å². The van der Waals surface area contributed by atoms with Crippen molar-refractivity contribution in [2.45, 2.75) is 37.4 Å². The molecular weight excluding hydrogens is 364 g/mol. The normalized spacial score (nSPS) is 27.3. The van der Waals surface area contributed by atoms with E-state index in [1.807, 2.05) is 11.0 Å². The van der Waals surface area contributed by atoms with E-state index >= 15 is 0 Å². The number of carbonyl (C=O) groups excluding carboxylic acids is 2. The lowest BCUT2D eigenvalue weighted by Gasteiger charge is -2.26. The van der Waals surface area contributed by atoms with Crippen LogP contribution < -0.4 is 10.6 Å². The first-order valence-electron chi connectivity index (χ1n) is 9.51. The van der Waals surface area contributed by atoms with Crippen LogP contribution in [0.5, 0.6) is 0 Å². The molecule has 3 aliphatic rings. The summed E-state index contributed by atoms with van der Waals surface area (Å²) in [4.78, 5) is 32.1. The minimum Gasteiger partial charge on any atom is -0.378 e. The molecule has 2 amide bonds. The van der Waals surface area contributed by atoms with Crippen LogP contribution in [-0.2, 0) is 4.74 Å². The highest BCUT2D eigenvalue weighted by atomic mass is 32.1. The van der Waals surface area contributed by atoms with Crippen molar-refractivity contribution in [3.05, 3.63) is 28.9 Å². The molecule has 3 aliphatic heterocycles. The number of aromatic nitrogens is 1. The number of amides is 2. The molecule has 0 radical (unpaired) electrons. The summed E-state index contributed by atoms with van der Waals surface area (Å²) in [6.45, 7) is 2.41. The van der Waals surface area contributed by atoms with Crippen LogP contribution in [0.3, 0.4) is 0 Å². The topological polar surface area (TPSA) is 83.6 Å². The summed E-state index contributed by atoms with van der Waals surface area (Å²) in [7, 11) is 0. The zero-order valence-corrected chi connectivity index (χ0v) is 15.8. The molecule has 0 aromatic carbocycles. The maximum atomic E-state index is 12.7. The van der Waals surface area contributed by atoms with Crippen LogP contribution in [0.1, 0.15) is 39.4 Å². The molecule has 0 spiro atoms. The molecule has 27 heavy (non-hydrogen) atoms. The summed E-state index contributed by atoms with van der Waals surface area (Å²) in [5.74, 6) is -0.109. The van der Waals surface area contributed by atoms with Gasteiger partial charge in [0.1, 0.15) is 5.69 Å². The quantitative estimate of drug-likeness (QED) is 0.833. The SMILES string of the molecule is O=C(N[C@@H]1C[C@H]2CC[C@@H]1N2)c1cc2cc(C(=O)N3CCOCC3)sc2cn1. The third kappa shape index (κ3) is 3.22. The highest BCUT2D eigenvalue weighted by Crippen LogP contribution is 2.29. The molecule has 8 heteroatoms. The smallest absolute Gasteiger partial charge is 0.270 e. The average molecular weight is 386 g/mol. The Labute approximate surface area is 161 Å². The largest absolute Gasteiger partial charge is 0.378 e. The molecule has 2 N–H and O–H groups in total. The number of rotatable bonds is 3. The van der Waals surface area contributed by atoms with Crippen molar-refractivity contribution in [1.29, 1.82) is 0 Å². The molecule has 2 aromatic heterocycles. The van der Waals surface area contributed by atoms with Gasteiger partial charge in [-0.25, -0.2) is 4.98 Å². The van der Waals surface area contributed by atoms with Gasteiger partial charge < -0.3 is 20.3 Å². The molecule has 0 unspecified atom stereocenters. The van der Waals surface area contributed by atoms with Gasteiger partial charge in [-0.15, -0.1) is 11.3 Å². The maximum Gasteiger partial charge on any atom is 0.270 e. The summed E-state index contributed by atoms with van der Waals surface area (Å²) in [6, 6.07) is 4.78. The Morgan fingerprint density at radius 3 is 2.85 bits per heavy atom. The van der Waals surface area contributed by atoms with E-state index in [0.29, 0.717) is 49.0 Å². The number of carbonyl (C=O) groups is 2. The Bertz CT molecular complexity index is 892. The van der Waals surface area contributed by atoms with Crippen molar-refractivity contribution in [2.24, 2.45) is 0 Å². The van der Waals surface area contributed by atoms with Gasteiger partial charge in [-0.3, -0.25) is 9.59 Å². The molecule has 3 fully saturated rings. The van der Waals surface area contributed by atoms with Crippen LogP contribution >= 0.6 is 11.3 Å². The Kier molecular flexibility index (Phi) is 4.34. The number of nitrogens with zero attached hydrogens (tertiary/aromatic N) is 2. The molecule has 0 aliphatic carbocycles. The molecule has 2 aromatic rings. The van der Waals surface area contributed by atoms with Gasteiger partial charge in [0.2, 0.25) is 0 Å². The Hall–Kier alpha value is -2.03. The highest BCUT2D eigenvalue weighted by Gasteiger charge is 2.39. The number of thiophene rings is 1. The van der Waals surface area contributed by atoms with Crippen LogP contribution in [0.2, 0.25) is 0 Å². The monoisotopic (exact) mass is 386 g/mol. The van der Waals surface area contributed by atoms with E-state index in [0.717, 1.165) is 22.9 Å². The van der Waals surface area contributed by atoms with Crippen LogP contribution in [-0.4, -0.2) is 66.1 Å². The minimum atomic E-state index is -0.136. The summed E-state index contributed by atoms with van der Waals surface area (Å²) in [5, 5.41) is 7.54. The van der Waals surface area contributed by atoms with Crippen molar-refractivity contribution in [2.75, 3.05) is 26.3 Å². The first-order chi connectivity index (χ1) is 13.2. The van der Waals surface area contributed by atoms with Crippen LogP contribution in [0.25, 0.3) is 10.1 Å². The van der Waals surface area contributed by atoms with Gasteiger partial charge >= 0.3 is 0 Å². The molecule has 5 heterocycles. The Balaban J connectivity index is 1.32. The van der Waals surface area contributed by atoms with E-state index in [-0.39, 0.29) is 17.9 Å². The molecule has 3 atom stereocenters. The number of pyridine rings is 1. The third-order valence-electron chi connectivity index (χ3n) is 5.76. The molecule has 5 rings (SSSR count). The van der Waals surface area contributed by atoms with Gasteiger partial charge in [0.15, 0.2) is 0 Å². The molecular formula is C19H22N4O3S. The number of hydrogen-bond donors (Lipinski definition) is 2. The van der Waals surface area contributed by atoms with Crippen LogP contribution in [0, 0.1) is 0 Å². The summed E-state index contributed by atoms with van der Waals surface area (Å²) in [5.41, 5.74) is 0.411. The predicted molar refractivity (Wildman–Crippen MR) is 102 cm³/mol. The maximum absolute atomic E-state index is 12.7. The van der Waals surface area contributed by atoms with Gasteiger partial charge in [0.05, 0.1) is 22.8 Å². The Morgan fingerprint density at radius 1 is 1.26 bits per heavy atom. The molecule has 3 saturated heterocycles. The van der Waals surface area contributed by atoms with E-state index in [9.17, 15) is 9.59 Å². The zero-order valence-electron chi connectivity index (χ0n) is 14.9. The zero-order chi connectivity index (χ0) is 18.4. The second kappa shape index (κ2) is 6.85. The van der Waals surface area contributed by atoms with Gasteiger partial charge in [0.25, 0.3) is 11.8 Å². The van der Waals surface area contributed by atoms with Crippen LogP contribution in [0.4, 0.5) is 0 Å². The van der Waals surface area contributed by atoms with E-state index in [4.69, 9.17) is 4.74 Å². The minimum absolute atomic E-state index is 0.0264. The van der Waals surface area contributed by atoms with Crippen molar-refractivity contribution in [3.63, 3.8) is 0 Å². The summed E-state index contributed by atoms with van der Waals surface area (Å²) in [6.07, 6.45) is 5.02. The average Bonchev–Trinajstić information content (AvgIpc) is 3.42. The predicted octanol–water partition coefficient (Wildman–Crippen LogP) is 1.39. The van der Waals surface area contributed by atoms with Crippen LogP contribution in [0.15, 0.2) is 18.3 Å². The number of morpholine rings is 1. The van der Waals surface area contributed by atoms with E-state index in [1.165, 1.54) is 17.8 Å². The van der Waals surface area contributed by atoms with Crippen molar-refractivity contribution >= 4 is 33.2 Å². The summed E-state index contributed by atoms with van der Waals surface area (Å²) < 4.78 is 6.23. The second-order valence-electron chi connectivity index (χ2n) is 7.49. The van der Waals surface area contributed by atoms with Gasteiger partial charge in [-0.2, -0.15) is 0 Å². The lowest BCUT2D eigenvalue weighted by Crippen LogP contribution is -2.43.